The van der Waals surface area contributed by atoms with Crippen LogP contribution in [0.5, 0.6) is 0 Å². The summed E-state index contributed by atoms with van der Waals surface area (Å²) in [5.41, 5.74) is 2.66. The molecule has 0 spiro atoms. The van der Waals surface area contributed by atoms with Crippen LogP contribution >= 0.6 is 11.8 Å². The lowest BCUT2D eigenvalue weighted by Crippen LogP contribution is -2.28. The Hall–Kier alpha value is -1.95. The fraction of sp³-hybridized carbons (Fsp3) is 0.278. The van der Waals surface area contributed by atoms with Crippen LogP contribution in [0.2, 0.25) is 0 Å². The third-order valence-electron chi connectivity index (χ3n) is 4.14. The summed E-state index contributed by atoms with van der Waals surface area (Å²) in [5, 5.41) is -0.443. The van der Waals surface area contributed by atoms with Crippen molar-refractivity contribution in [3.05, 3.63) is 64.7 Å². The monoisotopic (exact) mass is 351 g/mol. The van der Waals surface area contributed by atoms with E-state index in [0.717, 1.165) is 28.9 Å². The fourth-order valence-electron chi connectivity index (χ4n) is 2.69. The van der Waals surface area contributed by atoms with Gasteiger partial charge < -0.3 is 0 Å². The lowest BCUT2D eigenvalue weighted by molar-refractivity contribution is -0.137. The summed E-state index contributed by atoms with van der Waals surface area (Å²) in [6, 6.07) is 10.9. The van der Waals surface area contributed by atoms with E-state index in [0.29, 0.717) is 5.56 Å². The van der Waals surface area contributed by atoms with Crippen LogP contribution in [0.25, 0.3) is 0 Å². The van der Waals surface area contributed by atoms with Crippen molar-refractivity contribution >= 4 is 23.4 Å². The molecule has 126 valence electrons. The molecule has 1 atom stereocenters. The number of benzene rings is 2. The number of rotatable bonds is 2. The number of thioether (sulfide) groups is 1. The van der Waals surface area contributed by atoms with Crippen molar-refractivity contribution < 1.29 is 18.0 Å². The predicted octanol–water partition coefficient (Wildman–Crippen LogP) is 5.10. The summed E-state index contributed by atoms with van der Waals surface area (Å²) >= 11 is 1.34. The maximum absolute atomic E-state index is 13.0. The lowest BCUT2D eigenvalue weighted by atomic mass is 10.1. The van der Waals surface area contributed by atoms with Gasteiger partial charge in [-0.3, -0.25) is 9.69 Å². The van der Waals surface area contributed by atoms with Gasteiger partial charge in [0.1, 0.15) is 5.37 Å². The standard InChI is InChI=1S/C18H16F3NOS/c1-11-6-7-15(8-12(11)2)22-16(23)10-24-17(22)13-4-3-5-14(9-13)18(19,20)21/h3-9,17H,10H2,1-2H3/t17-/m1/s1. The molecule has 2 nitrogen and oxygen atoms in total. The maximum Gasteiger partial charge on any atom is 0.416 e. The SMILES string of the molecule is Cc1ccc(N2C(=O)CS[C@@H]2c2cccc(C(F)(F)F)c2)cc1C. The van der Waals surface area contributed by atoms with Crippen LogP contribution in [0.15, 0.2) is 42.5 Å². The molecule has 0 N–H and O–H groups in total. The van der Waals surface area contributed by atoms with Gasteiger partial charge in [0.15, 0.2) is 0 Å². The van der Waals surface area contributed by atoms with Crippen molar-refractivity contribution in [1.29, 1.82) is 0 Å². The molecular formula is C18H16F3NOS. The van der Waals surface area contributed by atoms with Gasteiger partial charge in [0, 0.05) is 5.69 Å². The smallest absolute Gasteiger partial charge is 0.295 e. The molecule has 24 heavy (non-hydrogen) atoms. The number of aryl methyl sites for hydroxylation is 2. The molecular weight excluding hydrogens is 335 g/mol. The largest absolute Gasteiger partial charge is 0.416 e. The van der Waals surface area contributed by atoms with Crippen molar-refractivity contribution in [1.82, 2.24) is 0 Å². The lowest BCUT2D eigenvalue weighted by Gasteiger charge is -2.25. The summed E-state index contributed by atoms with van der Waals surface area (Å²) < 4.78 is 38.9. The molecule has 0 aliphatic carbocycles. The van der Waals surface area contributed by atoms with Gasteiger partial charge in [0.25, 0.3) is 0 Å². The summed E-state index contributed by atoms with van der Waals surface area (Å²) in [6.45, 7) is 3.93. The second-order valence-corrected chi connectivity index (χ2v) is 6.89. The Balaban J connectivity index is 2.01. The van der Waals surface area contributed by atoms with Crippen LogP contribution in [0.4, 0.5) is 18.9 Å². The number of hydrogen-bond donors (Lipinski definition) is 0. The number of carbonyl (C=O) groups is 1. The van der Waals surface area contributed by atoms with Gasteiger partial charge in [-0.15, -0.1) is 11.8 Å². The first-order chi connectivity index (χ1) is 11.3. The molecule has 6 heteroatoms. The van der Waals surface area contributed by atoms with Gasteiger partial charge in [-0.2, -0.15) is 13.2 Å². The second kappa shape index (κ2) is 6.16. The molecule has 1 amide bonds. The van der Waals surface area contributed by atoms with E-state index in [1.165, 1.54) is 17.8 Å². The van der Waals surface area contributed by atoms with Crippen molar-refractivity contribution in [3.63, 3.8) is 0 Å². The zero-order valence-corrected chi connectivity index (χ0v) is 14.0. The molecule has 1 aliphatic rings. The normalized spacial score (nSPS) is 18.3. The predicted molar refractivity (Wildman–Crippen MR) is 90.0 cm³/mol. The zero-order chi connectivity index (χ0) is 17.5. The van der Waals surface area contributed by atoms with Crippen molar-refractivity contribution in [2.45, 2.75) is 25.4 Å². The van der Waals surface area contributed by atoms with Gasteiger partial charge in [0.2, 0.25) is 5.91 Å². The molecule has 1 fully saturated rings. The number of halogens is 3. The van der Waals surface area contributed by atoms with Crippen LogP contribution in [-0.4, -0.2) is 11.7 Å². The topological polar surface area (TPSA) is 20.3 Å². The molecule has 0 unspecified atom stereocenters. The maximum atomic E-state index is 13.0. The Bertz CT molecular complexity index is 788. The summed E-state index contributed by atoms with van der Waals surface area (Å²) in [6.07, 6.45) is -4.39. The number of amides is 1. The van der Waals surface area contributed by atoms with E-state index in [2.05, 4.69) is 0 Å². The molecule has 0 aromatic heterocycles. The molecule has 1 saturated heterocycles. The van der Waals surface area contributed by atoms with Crippen LogP contribution < -0.4 is 4.90 Å². The highest BCUT2D eigenvalue weighted by Gasteiger charge is 2.36. The summed E-state index contributed by atoms with van der Waals surface area (Å²) in [4.78, 5) is 13.9. The Kier molecular flexibility index (Phi) is 4.34. The van der Waals surface area contributed by atoms with Crippen LogP contribution in [-0.2, 0) is 11.0 Å². The Morgan fingerprint density at radius 3 is 2.50 bits per heavy atom. The quantitative estimate of drug-likeness (QED) is 0.750. The van der Waals surface area contributed by atoms with E-state index < -0.39 is 17.1 Å². The fourth-order valence-corrected chi connectivity index (χ4v) is 3.86. The average Bonchev–Trinajstić information content (AvgIpc) is 2.91. The Morgan fingerprint density at radius 1 is 1.08 bits per heavy atom. The van der Waals surface area contributed by atoms with Gasteiger partial charge in [0.05, 0.1) is 11.3 Å². The minimum absolute atomic E-state index is 0.0920. The van der Waals surface area contributed by atoms with Gasteiger partial charge in [-0.05, 0) is 54.8 Å². The highest BCUT2D eigenvalue weighted by atomic mass is 32.2. The van der Waals surface area contributed by atoms with Crippen LogP contribution in [0.1, 0.15) is 27.6 Å². The minimum Gasteiger partial charge on any atom is -0.295 e. The summed E-state index contributed by atoms with van der Waals surface area (Å²) in [5.74, 6) is 0.166. The number of carbonyl (C=O) groups excluding carboxylic acids is 1. The average molecular weight is 351 g/mol. The van der Waals surface area contributed by atoms with E-state index >= 15 is 0 Å². The number of alkyl halides is 3. The first-order valence-electron chi connectivity index (χ1n) is 7.45. The first-order valence-corrected chi connectivity index (χ1v) is 8.50. The molecule has 0 saturated carbocycles. The third-order valence-corrected chi connectivity index (χ3v) is 5.35. The van der Waals surface area contributed by atoms with Crippen molar-refractivity contribution in [3.8, 4) is 0 Å². The third kappa shape index (κ3) is 3.15. The molecule has 1 aliphatic heterocycles. The Morgan fingerprint density at radius 2 is 1.83 bits per heavy atom. The van der Waals surface area contributed by atoms with E-state index in [1.54, 1.807) is 11.0 Å². The van der Waals surface area contributed by atoms with Crippen molar-refractivity contribution in [2.75, 3.05) is 10.7 Å². The highest BCUT2D eigenvalue weighted by molar-refractivity contribution is 8.00. The number of hydrogen-bond acceptors (Lipinski definition) is 2. The van der Waals surface area contributed by atoms with Crippen LogP contribution in [0.3, 0.4) is 0 Å². The van der Waals surface area contributed by atoms with E-state index in [4.69, 9.17) is 0 Å². The van der Waals surface area contributed by atoms with E-state index in [-0.39, 0.29) is 11.7 Å². The Labute approximate surface area is 142 Å². The van der Waals surface area contributed by atoms with E-state index in [1.807, 2.05) is 32.0 Å². The molecule has 0 bridgehead atoms. The molecule has 1 heterocycles. The van der Waals surface area contributed by atoms with Crippen LogP contribution in [0, 0.1) is 13.8 Å². The van der Waals surface area contributed by atoms with Gasteiger partial charge in [-0.25, -0.2) is 0 Å². The molecule has 0 radical (unpaired) electrons. The van der Waals surface area contributed by atoms with Gasteiger partial charge >= 0.3 is 6.18 Å². The molecule has 2 aromatic carbocycles. The summed E-state index contributed by atoms with van der Waals surface area (Å²) in [7, 11) is 0. The van der Waals surface area contributed by atoms with Crippen molar-refractivity contribution in [2.24, 2.45) is 0 Å². The highest BCUT2D eigenvalue weighted by Crippen LogP contribution is 2.43. The molecule has 3 rings (SSSR count). The van der Waals surface area contributed by atoms with Gasteiger partial charge in [-0.1, -0.05) is 18.2 Å². The number of nitrogens with zero attached hydrogens (tertiary/aromatic N) is 1. The zero-order valence-electron chi connectivity index (χ0n) is 13.2. The van der Waals surface area contributed by atoms with E-state index in [9.17, 15) is 18.0 Å². The second-order valence-electron chi connectivity index (χ2n) is 5.82. The first kappa shape index (κ1) is 16.9. The minimum atomic E-state index is -4.39. The molecule has 2 aromatic rings. The number of anilines is 1.